The molecule has 0 radical (unpaired) electrons. The van der Waals surface area contributed by atoms with Crippen molar-refractivity contribution >= 4 is 29.4 Å². The van der Waals surface area contributed by atoms with E-state index in [0.29, 0.717) is 23.2 Å². The van der Waals surface area contributed by atoms with E-state index in [1.165, 1.54) is 6.21 Å². The molecular weight excluding hydrogens is 380 g/mol. The maximum atomic E-state index is 12.2. The number of benzene rings is 2. The first kappa shape index (κ1) is 22.9. The highest BCUT2D eigenvalue weighted by Crippen LogP contribution is 2.23. The van der Waals surface area contributed by atoms with Gasteiger partial charge < -0.3 is 15.3 Å². The van der Waals surface area contributed by atoms with E-state index in [1.54, 1.807) is 36.4 Å². The van der Waals surface area contributed by atoms with Gasteiger partial charge in [-0.15, -0.1) is 0 Å². The Labute approximate surface area is 177 Å². The lowest BCUT2D eigenvalue weighted by atomic mass is 10.1. The second-order valence-electron chi connectivity index (χ2n) is 7.34. The average molecular weight is 411 g/mol. The molecule has 0 saturated heterocycles. The Morgan fingerprint density at radius 1 is 1.10 bits per heavy atom. The van der Waals surface area contributed by atoms with Crippen molar-refractivity contribution in [2.24, 2.45) is 11.0 Å². The first-order chi connectivity index (χ1) is 14.3. The van der Waals surface area contributed by atoms with E-state index in [-0.39, 0.29) is 23.5 Å². The van der Waals surface area contributed by atoms with Crippen LogP contribution in [0.3, 0.4) is 0 Å². The highest BCUT2D eigenvalue weighted by Gasteiger charge is 2.08. The number of carbonyl (C=O) groups excluding carboxylic acids is 2. The molecule has 0 heterocycles. The Balaban J connectivity index is 1.95. The molecule has 30 heavy (non-hydrogen) atoms. The van der Waals surface area contributed by atoms with Gasteiger partial charge in [-0.1, -0.05) is 13.8 Å². The molecule has 0 bridgehead atoms. The molecule has 0 fully saturated rings. The van der Waals surface area contributed by atoms with Crippen molar-refractivity contribution in [2.45, 2.75) is 34.1 Å². The predicted octanol–water partition coefficient (Wildman–Crippen LogP) is 3.99. The second kappa shape index (κ2) is 11.0. The fourth-order valence-electron chi connectivity index (χ4n) is 2.94. The van der Waals surface area contributed by atoms with Gasteiger partial charge in [-0.05, 0) is 56.2 Å². The highest BCUT2D eigenvalue weighted by molar-refractivity contribution is 5.96. The monoisotopic (exact) mass is 410 g/mol. The van der Waals surface area contributed by atoms with Gasteiger partial charge >= 0.3 is 0 Å². The summed E-state index contributed by atoms with van der Waals surface area (Å²) in [5.74, 6) is -0.0659. The number of nitrogens with zero attached hydrogens (tertiary/aromatic N) is 2. The van der Waals surface area contributed by atoms with E-state index >= 15 is 0 Å². The summed E-state index contributed by atoms with van der Waals surface area (Å²) in [7, 11) is 0. The Bertz CT molecular complexity index is 888. The summed E-state index contributed by atoms with van der Waals surface area (Å²) < 4.78 is 0. The van der Waals surface area contributed by atoms with Gasteiger partial charge in [0.25, 0.3) is 5.91 Å². The lowest BCUT2D eigenvalue weighted by Crippen LogP contribution is -2.21. The fourth-order valence-corrected chi connectivity index (χ4v) is 2.94. The summed E-state index contributed by atoms with van der Waals surface area (Å²) >= 11 is 0. The zero-order valence-corrected chi connectivity index (χ0v) is 18.0. The summed E-state index contributed by atoms with van der Waals surface area (Å²) in [6.45, 7) is 9.76. The third-order valence-electron chi connectivity index (χ3n) is 4.54. The molecule has 0 aliphatic carbocycles. The SMILES string of the molecule is CCN(CC)c1ccc(/C=N/NC(=O)c2ccc(NC(=O)CC(C)C)cc2)c(O)c1. The molecule has 0 atom stereocenters. The molecule has 2 aromatic rings. The van der Waals surface area contributed by atoms with Gasteiger partial charge in [0.2, 0.25) is 5.91 Å². The number of nitrogens with one attached hydrogen (secondary N) is 2. The van der Waals surface area contributed by atoms with Crippen LogP contribution in [-0.2, 0) is 4.79 Å². The summed E-state index contributed by atoms with van der Waals surface area (Å²) in [5, 5.41) is 16.9. The van der Waals surface area contributed by atoms with Crippen LogP contribution < -0.4 is 15.6 Å². The summed E-state index contributed by atoms with van der Waals surface area (Å²) in [5.41, 5.74) is 4.93. The Morgan fingerprint density at radius 2 is 1.77 bits per heavy atom. The maximum absolute atomic E-state index is 12.2. The third-order valence-corrected chi connectivity index (χ3v) is 4.54. The molecule has 2 rings (SSSR count). The first-order valence-electron chi connectivity index (χ1n) is 10.1. The summed E-state index contributed by atoms with van der Waals surface area (Å²) in [6, 6.07) is 11.9. The molecule has 0 aliphatic heterocycles. The number of hydrazone groups is 1. The number of amides is 2. The van der Waals surface area contributed by atoms with Crippen LogP contribution in [0.25, 0.3) is 0 Å². The largest absolute Gasteiger partial charge is 0.507 e. The number of hydrogen-bond donors (Lipinski definition) is 3. The molecular formula is C23H30N4O3. The number of carbonyl (C=O) groups is 2. The van der Waals surface area contributed by atoms with Crippen LogP contribution in [0.1, 0.15) is 50.0 Å². The predicted molar refractivity (Wildman–Crippen MR) is 121 cm³/mol. The van der Waals surface area contributed by atoms with Crippen molar-refractivity contribution < 1.29 is 14.7 Å². The Hall–Kier alpha value is -3.35. The van der Waals surface area contributed by atoms with E-state index in [0.717, 1.165) is 18.8 Å². The number of phenols is 1. The van der Waals surface area contributed by atoms with Crippen LogP contribution in [0.5, 0.6) is 5.75 Å². The van der Waals surface area contributed by atoms with Gasteiger partial charge in [0, 0.05) is 48.1 Å². The number of rotatable bonds is 9. The van der Waals surface area contributed by atoms with Crippen LogP contribution in [0, 0.1) is 5.92 Å². The van der Waals surface area contributed by atoms with Gasteiger partial charge in [-0.2, -0.15) is 5.10 Å². The molecule has 7 nitrogen and oxygen atoms in total. The second-order valence-corrected chi connectivity index (χ2v) is 7.34. The maximum Gasteiger partial charge on any atom is 0.271 e. The molecule has 0 aliphatic rings. The van der Waals surface area contributed by atoms with E-state index < -0.39 is 0 Å². The number of phenolic OH excluding ortho intramolecular Hbond substituents is 1. The number of aromatic hydroxyl groups is 1. The summed E-state index contributed by atoms with van der Waals surface area (Å²) in [6.07, 6.45) is 1.85. The standard InChI is InChI=1S/C23H30N4O3/c1-5-27(6-2)20-12-9-18(21(28)14-20)15-24-26-23(30)17-7-10-19(11-8-17)25-22(29)13-16(3)4/h7-12,14-16,28H,5-6,13H2,1-4H3,(H,25,29)(H,26,30)/b24-15+. The quantitative estimate of drug-likeness (QED) is 0.430. The smallest absolute Gasteiger partial charge is 0.271 e. The van der Waals surface area contributed by atoms with E-state index in [2.05, 4.69) is 34.6 Å². The van der Waals surface area contributed by atoms with Crippen LogP contribution >= 0.6 is 0 Å². The minimum absolute atomic E-state index is 0.0568. The molecule has 7 heteroatoms. The molecule has 160 valence electrons. The topological polar surface area (TPSA) is 94.0 Å². The van der Waals surface area contributed by atoms with Crippen LogP contribution in [-0.4, -0.2) is 36.2 Å². The van der Waals surface area contributed by atoms with Crippen LogP contribution in [0.2, 0.25) is 0 Å². The van der Waals surface area contributed by atoms with E-state index in [9.17, 15) is 14.7 Å². The molecule has 2 aromatic carbocycles. The third kappa shape index (κ3) is 6.62. The lowest BCUT2D eigenvalue weighted by Gasteiger charge is -2.21. The lowest BCUT2D eigenvalue weighted by molar-refractivity contribution is -0.116. The zero-order chi connectivity index (χ0) is 22.1. The van der Waals surface area contributed by atoms with Gasteiger partial charge in [-0.25, -0.2) is 5.43 Å². The van der Waals surface area contributed by atoms with Gasteiger partial charge in [0.15, 0.2) is 0 Å². The fraction of sp³-hybridized carbons (Fsp3) is 0.348. The Kier molecular flexibility index (Phi) is 8.41. The molecule has 0 aromatic heterocycles. The molecule has 0 unspecified atom stereocenters. The average Bonchev–Trinajstić information content (AvgIpc) is 2.70. The minimum Gasteiger partial charge on any atom is -0.507 e. The van der Waals surface area contributed by atoms with Crippen molar-refractivity contribution in [3.63, 3.8) is 0 Å². The number of hydrogen-bond acceptors (Lipinski definition) is 5. The van der Waals surface area contributed by atoms with E-state index in [1.807, 2.05) is 19.9 Å². The Morgan fingerprint density at radius 3 is 2.33 bits per heavy atom. The zero-order valence-electron chi connectivity index (χ0n) is 18.0. The van der Waals surface area contributed by atoms with Crippen molar-refractivity contribution in [1.29, 1.82) is 0 Å². The summed E-state index contributed by atoms with van der Waals surface area (Å²) in [4.78, 5) is 26.2. The van der Waals surface area contributed by atoms with Crippen molar-refractivity contribution in [3.8, 4) is 5.75 Å². The van der Waals surface area contributed by atoms with Crippen molar-refractivity contribution in [2.75, 3.05) is 23.3 Å². The number of anilines is 2. The minimum atomic E-state index is -0.384. The van der Waals surface area contributed by atoms with Gasteiger partial charge in [0.1, 0.15) is 5.75 Å². The van der Waals surface area contributed by atoms with Crippen LogP contribution in [0.4, 0.5) is 11.4 Å². The van der Waals surface area contributed by atoms with Crippen LogP contribution in [0.15, 0.2) is 47.6 Å². The van der Waals surface area contributed by atoms with Gasteiger partial charge in [0.05, 0.1) is 6.21 Å². The van der Waals surface area contributed by atoms with Gasteiger partial charge in [-0.3, -0.25) is 9.59 Å². The highest BCUT2D eigenvalue weighted by atomic mass is 16.3. The van der Waals surface area contributed by atoms with Crippen molar-refractivity contribution in [3.05, 3.63) is 53.6 Å². The van der Waals surface area contributed by atoms with Crippen molar-refractivity contribution in [1.82, 2.24) is 5.43 Å². The first-order valence-corrected chi connectivity index (χ1v) is 10.1. The molecule has 0 spiro atoms. The normalized spacial score (nSPS) is 11.0. The van der Waals surface area contributed by atoms with E-state index in [4.69, 9.17) is 0 Å². The molecule has 2 amide bonds. The molecule has 3 N–H and O–H groups in total. The molecule has 0 saturated carbocycles.